The molecule has 1 N–H and O–H groups in total. The molecule has 0 amide bonds. The lowest BCUT2D eigenvalue weighted by Gasteiger charge is -2.27. The average Bonchev–Trinajstić information content (AvgIpc) is 2.83. The highest BCUT2D eigenvalue weighted by Gasteiger charge is 2.32. The van der Waals surface area contributed by atoms with E-state index < -0.39 is 0 Å². The number of hydrogen-bond donors (Lipinski definition) is 1. The lowest BCUT2D eigenvalue weighted by Crippen LogP contribution is -2.34. The normalized spacial score (nSPS) is 18.2. The quantitative estimate of drug-likeness (QED) is 0.868. The highest BCUT2D eigenvalue weighted by atomic mass is 32.2. The van der Waals surface area contributed by atoms with Crippen molar-refractivity contribution in [1.29, 1.82) is 0 Å². The molecular weight excluding hydrogens is 245 g/mol. The summed E-state index contributed by atoms with van der Waals surface area (Å²) in [6, 6.07) is 5.50. The smallest absolute Gasteiger partial charge is 0.126 e. The zero-order valence-corrected chi connectivity index (χ0v) is 12.1. The topological polar surface area (TPSA) is 12.0 Å². The molecule has 0 saturated heterocycles. The van der Waals surface area contributed by atoms with Gasteiger partial charge in [0, 0.05) is 17.8 Å². The summed E-state index contributed by atoms with van der Waals surface area (Å²) >= 11 is 1.98. The van der Waals surface area contributed by atoms with Crippen LogP contribution in [0.3, 0.4) is 0 Å². The summed E-state index contributed by atoms with van der Waals surface area (Å²) in [5.74, 6) is -0.102. The summed E-state index contributed by atoms with van der Waals surface area (Å²) in [6.07, 6.45) is 7.52. The molecule has 1 aliphatic rings. The fraction of sp³-hybridized carbons (Fsp3) is 0.600. The van der Waals surface area contributed by atoms with Crippen molar-refractivity contribution in [2.24, 2.45) is 0 Å². The predicted molar refractivity (Wildman–Crippen MR) is 77.6 cm³/mol. The lowest BCUT2D eigenvalue weighted by atomic mass is 10.1. The van der Waals surface area contributed by atoms with E-state index >= 15 is 0 Å². The highest BCUT2D eigenvalue weighted by molar-refractivity contribution is 8.00. The van der Waals surface area contributed by atoms with Crippen LogP contribution in [0.15, 0.2) is 18.2 Å². The van der Waals surface area contributed by atoms with E-state index in [1.807, 2.05) is 23.9 Å². The minimum Gasteiger partial charge on any atom is -0.311 e. The molecule has 1 aliphatic carbocycles. The molecule has 100 valence electrons. The molecule has 2 rings (SSSR count). The van der Waals surface area contributed by atoms with Crippen LogP contribution in [0.5, 0.6) is 0 Å². The summed E-state index contributed by atoms with van der Waals surface area (Å²) in [7, 11) is 0. The van der Waals surface area contributed by atoms with Crippen molar-refractivity contribution in [2.75, 3.05) is 12.8 Å². The SMILES string of the molecule is CSC1(CNCc2ccc(C)c(F)c2)CCCC1. The van der Waals surface area contributed by atoms with Crippen LogP contribution >= 0.6 is 11.8 Å². The largest absolute Gasteiger partial charge is 0.311 e. The second-order valence-corrected chi connectivity index (χ2v) is 6.56. The maximum absolute atomic E-state index is 13.4. The van der Waals surface area contributed by atoms with Gasteiger partial charge in [0.2, 0.25) is 0 Å². The van der Waals surface area contributed by atoms with Gasteiger partial charge in [-0.1, -0.05) is 25.0 Å². The molecule has 0 atom stereocenters. The summed E-state index contributed by atoms with van der Waals surface area (Å²) in [5, 5.41) is 3.49. The maximum atomic E-state index is 13.4. The van der Waals surface area contributed by atoms with Crippen LogP contribution in [0.4, 0.5) is 4.39 Å². The summed E-state index contributed by atoms with van der Waals surface area (Å²) in [4.78, 5) is 0. The molecule has 1 aromatic carbocycles. The molecule has 18 heavy (non-hydrogen) atoms. The number of rotatable bonds is 5. The van der Waals surface area contributed by atoms with Gasteiger partial charge in [-0.25, -0.2) is 4.39 Å². The Labute approximate surface area is 114 Å². The first kappa shape index (κ1) is 13.9. The zero-order chi connectivity index (χ0) is 13.0. The van der Waals surface area contributed by atoms with E-state index in [1.165, 1.54) is 25.7 Å². The van der Waals surface area contributed by atoms with Gasteiger partial charge < -0.3 is 5.32 Å². The van der Waals surface area contributed by atoms with E-state index in [1.54, 1.807) is 13.0 Å². The molecule has 0 radical (unpaired) electrons. The third-order valence-corrected chi connectivity index (χ3v) is 5.38. The van der Waals surface area contributed by atoms with Gasteiger partial charge in [-0.15, -0.1) is 0 Å². The molecule has 0 bridgehead atoms. The molecule has 0 unspecified atom stereocenters. The molecule has 1 fully saturated rings. The van der Waals surface area contributed by atoms with E-state index in [9.17, 15) is 4.39 Å². The molecule has 0 heterocycles. The molecule has 1 saturated carbocycles. The summed E-state index contributed by atoms with van der Waals surface area (Å²) in [6.45, 7) is 3.59. The van der Waals surface area contributed by atoms with E-state index in [0.717, 1.165) is 24.2 Å². The number of hydrogen-bond acceptors (Lipinski definition) is 2. The number of benzene rings is 1. The van der Waals surface area contributed by atoms with E-state index in [4.69, 9.17) is 0 Å². The number of thioether (sulfide) groups is 1. The summed E-state index contributed by atoms with van der Waals surface area (Å²) in [5.41, 5.74) is 1.75. The van der Waals surface area contributed by atoms with Gasteiger partial charge in [0.15, 0.2) is 0 Å². The maximum Gasteiger partial charge on any atom is 0.126 e. The summed E-state index contributed by atoms with van der Waals surface area (Å²) < 4.78 is 13.8. The Kier molecular flexibility index (Phi) is 4.68. The Morgan fingerprint density at radius 1 is 1.33 bits per heavy atom. The first-order valence-electron chi connectivity index (χ1n) is 6.66. The minimum absolute atomic E-state index is 0.102. The molecule has 0 aromatic heterocycles. The van der Waals surface area contributed by atoms with Crippen molar-refractivity contribution in [3.63, 3.8) is 0 Å². The second kappa shape index (κ2) is 6.07. The van der Waals surface area contributed by atoms with Crippen molar-refractivity contribution < 1.29 is 4.39 Å². The Morgan fingerprint density at radius 3 is 2.67 bits per heavy atom. The second-order valence-electron chi connectivity index (χ2n) is 5.28. The number of halogens is 1. The van der Waals surface area contributed by atoms with Gasteiger partial charge in [-0.3, -0.25) is 0 Å². The van der Waals surface area contributed by atoms with Crippen LogP contribution in [-0.4, -0.2) is 17.5 Å². The van der Waals surface area contributed by atoms with Crippen molar-refractivity contribution in [3.8, 4) is 0 Å². The predicted octanol–water partition coefficient (Wildman–Crippen LogP) is 3.90. The van der Waals surface area contributed by atoms with Gasteiger partial charge in [-0.05, 0) is 43.2 Å². The van der Waals surface area contributed by atoms with Crippen LogP contribution in [0, 0.1) is 12.7 Å². The van der Waals surface area contributed by atoms with Gasteiger partial charge in [0.1, 0.15) is 5.82 Å². The third-order valence-electron chi connectivity index (χ3n) is 3.96. The van der Waals surface area contributed by atoms with Crippen LogP contribution in [0.25, 0.3) is 0 Å². The van der Waals surface area contributed by atoms with E-state index in [2.05, 4.69) is 11.6 Å². The zero-order valence-electron chi connectivity index (χ0n) is 11.3. The van der Waals surface area contributed by atoms with Gasteiger partial charge in [0.05, 0.1) is 0 Å². The first-order valence-corrected chi connectivity index (χ1v) is 7.89. The molecule has 0 aliphatic heterocycles. The standard InChI is InChI=1S/C15H22FNS/c1-12-5-6-13(9-14(12)16)10-17-11-15(18-2)7-3-4-8-15/h5-6,9,17H,3-4,7-8,10-11H2,1-2H3. The van der Waals surface area contributed by atoms with E-state index in [0.29, 0.717) is 4.75 Å². The third kappa shape index (κ3) is 3.27. The average molecular weight is 267 g/mol. The van der Waals surface area contributed by atoms with E-state index in [-0.39, 0.29) is 5.82 Å². The molecule has 1 aromatic rings. The fourth-order valence-electron chi connectivity index (χ4n) is 2.65. The Bertz CT molecular complexity index is 399. The number of aryl methyl sites for hydroxylation is 1. The van der Waals surface area contributed by atoms with Crippen molar-refractivity contribution in [3.05, 3.63) is 35.1 Å². The van der Waals surface area contributed by atoms with Crippen molar-refractivity contribution in [1.82, 2.24) is 5.32 Å². The molecular formula is C15H22FNS. The van der Waals surface area contributed by atoms with Crippen LogP contribution in [0.2, 0.25) is 0 Å². The van der Waals surface area contributed by atoms with Gasteiger partial charge in [-0.2, -0.15) is 11.8 Å². The molecule has 1 nitrogen and oxygen atoms in total. The lowest BCUT2D eigenvalue weighted by molar-refractivity contribution is 0.532. The van der Waals surface area contributed by atoms with Crippen LogP contribution < -0.4 is 5.32 Å². The van der Waals surface area contributed by atoms with Gasteiger partial charge >= 0.3 is 0 Å². The first-order chi connectivity index (χ1) is 8.65. The Hall–Kier alpha value is -0.540. The monoisotopic (exact) mass is 267 g/mol. The van der Waals surface area contributed by atoms with Crippen LogP contribution in [-0.2, 0) is 6.54 Å². The van der Waals surface area contributed by atoms with Crippen molar-refractivity contribution in [2.45, 2.75) is 43.9 Å². The van der Waals surface area contributed by atoms with Crippen LogP contribution in [0.1, 0.15) is 36.8 Å². The Morgan fingerprint density at radius 2 is 2.06 bits per heavy atom. The minimum atomic E-state index is -0.102. The fourth-order valence-corrected chi connectivity index (χ4v) is 3.60. The molecule has 3 heteroatoms. The highest BCUT2D eigenvalue weighted by Crippen LogP contribution is 2.39. The van der Waals surface area contributed by atoms with Crippen molar-refractivity contribution >= 4 is 11.8 Å². The van der Waals surface area contributed by atoms with Gasteiger partial charge in [0.25, 0.3) is 0 Å². The Balaban J connectivity index is 1.86. The number of nitrogens with one attached hydrogen (secondary N) is 1. The molecule has 0 spiro atoms.